The maximum absolute atomic E-state index is 5.85. The lowest BCUT2D eigenvalue weighted by atomic mass is 9.87. The maximum atomic E-state index is 5.85. The van der Waals surface area contributed by atoms with E-state index in [1.807, 2.05) is 13.0 Å². The van der Waals surface area contributed by atoms with Gasteiger partial charge in [0.2, 0.25) is 0 Å². The van der Waals surface area contributed by atoms with E-state index in [-0.39, 0.29) is 0 Å². The van der Waals surface area contributed by atoms with Crippen molar-refractivity contribution in [2.24, 2.45) is 0 Å². The molecule has 2 aromatic rings. The molecule has 0 bridgehead atoms. The summed E-state index contributed by atoms with van der Waals surface area (Å²) in [4.78, 5) is 0. The monoisotopic (exact) mass is 286 g/mol. The fourth-order valence-electron chi connectivity index (χ4n) is 2.97. The number of hydrogen-bond donors (Lipinski definition) is 1. The molecule has 0 radical (unpaired) electrons. The number of nitrogens with one attached hydrogen (secondary N) is 1. The van der Waals surface area contributed by atoms with E-state index in [0.29, 0.717) is 12.6 Å². The number of fused-ring (bicyclic) bond motifs is 1. The molecule has 0 amide bonds. The normalized spacial score (nSPS) is 17.5. The minimum Gasteiger partial charge on any atom is -0.487 e. The van der Waals surface area contributed by atoms with Crippen molar-refractivity contribution in [1.29, 1.82) is 0 Å². The maximum Gasteiger partial charge on any atom is 0.134 e. The molecule has 0 fully saturated rings. The highest BCUT2D eigenvalue weighted by Gasteiger charge is 2.19. The van der Waals surface area contributed by atoms with Crippen LogP contribution in [0.25, 0.3) is 0 Å². The summed E-state index contributed by atoms with van der Waals surface area (Å²) in [6, 6.07) is 8.79. The van der Waals surface area contributed by atoms with Gasteiger partial charge in [0.05, 0.1) is 0 Å². The largest absolute Gasteiger partial charge is 0.487 e. The van der Waals surface area contributed by atoms with Gasteiger partial charge in [-0.05, 0) is 56.0 Å². The van der Waals surface area contributed by atoms with Gasteiger partial charge in [-0.2, -0.15) is 0 Å². The van der Waals surface area contributed by atoms with Gasteiger partial charge in [-0.3, -0.25) is 0 Å². The highest BCUT2D eigenvalue weighted by molar-refractivity contribution is 5.39. The molecule has 0 saturated carbocycles. The van der Waals surface area contributed by atoms with Crippen LogP contribution in [0.15, 0.2) is 28.8 Å². The lowest BCUT2D eigenvalue weighted by molar-refractivity contribution is 0.287. The molecular weight excluding hydrogens is 264 g/mol. The molecule has 1 atom stereocenters. The molecule has 0 saturated heterocycles. The smallest absolute Gasteiger partial charge is 0.134 e. The molecular formula is C17H22N2O2. The Morgan fingerprint density at radius 2 is 2.29 bits per heavy atom. The highest BCUT2D eigenvalue weighted by Crippen LogP contribution is 2.32. The lowest BCUT2D eigenvalue weighted by Gasteiger charge is -2.26. The predicted molar refractivity (Wildman–Crippen MR) is 81.4 cm³/mol. The Morgan fingerprint density at radius 3 is 3.05 bits per heavy atom. The molecule has 4 nitrogen and oxygen atoms in total. The summed E-state index contributed by atoms with van der Waals surface area (Å²) in [7, 11) is 0. The van der Waals surface area contributed by atoms with Gasteiger partial charge < -0.3 is 14.6 Å². The van der Waals surface area contributed by atoms with Gasteiger partial charge in [-0.1, -0.05) is 18.1 Å². The zero-order valence-electron chi connectivity index (χ0n) is 12.7. The first-order chi connectivity index (χ1) is 10.3. The van der Waals surface area contributed by atoms with E-state index in [4.69, 9.17) is 9.26 Å². The van der Waals surface area contributed by atoms with E-state index in [1.54, 1.807) is 0 Å². The van der Waals surface area contributed by atoms with Crippen molar-refractivity contribution < 1.29 is 9.26 Å². The Morgan fingerprint density at radius 1 is 1.38 bits per heavy atom. The SMILES string of the molecule is CCNC1CCCc2ccc(OCc3cc(C)on3)cc21. The Labute approximate surface area is 125 Å². The Bertz CT molecular complexity index is 607. The quantitative estimate of drug-likeness (QED) is 0.913. The third kappa shape index (κ3) is 3.27. The van der Waals surface area contributed by atoms with Crippen LogP contribution in [0.1, 0.15) is 48.4 Å². The van der Waals surface area contributed by atoms with Gasteiger partial charge in [0.15, 0.2) is 0 Å². The summed E-state index contributed by atoms with van der Waals surface area (Å²) in [5, 5.41) is 7.51. The molecule has 112 valence electrons. The average molecular weight is 286 g/mol. The van der Waals surface area contributed by atoms with Gasteiger partial charge >= 0.3 is 0 Å². The number of aryl methyl sites for hydroxylation is 2. The number of nitrogens with zero attached hydrogens (tertiary/aromatic N) is 1. The van der Waals surface area contributed by atoms with Gasteiger partial charge in [-0.25, -0.2) is 0 Å². The number of ether oxygens (including phenoxy) is 1. The van der Waals surface area contributed by atoms with E-state index in [2.05, 4.69) is 35.6 Å². The van der Waals surface area contributed by atoms with Crippen molar-refractivity contribution in [3.8, 4) is 5.75 Å². The number of hydrogen-bond acceptors (Lipinski definition) is 4. The lowest BCUT2D eigenvalue weighted by Crippen LogP contribution is -2.24. The molecule has 1 aliphatic carbocycles. The molecule has 1 unspecified atom stereocenters. The van der Waals surface area contributed by atoms with Gasteiger partial charge in [0.25, 0.3) is 0 Å². The van der Waals surface area contributed by atoms with Crippen LogP contribution in [-0.4, -0.2) is 11.7 Å². The number of aromatic nitrogens is 1. The zero-order valence-corrected chi connectivity index (χ0v) is 12.7. The first-order valence-electron chi connectivity index (χ1n) is 7.67. The van der Waals surface area contributed by atoms with Crippen molar-refractivity contribution in [3.63, 3.8) is 0 Å². The van der Waals surface area contributed by atoms with E-state index in [1.165, 1.54) is 30.4 Å². The Kier molecular flexibility index (Phi) is 4.25. The predicted octanol–water partition coefficient (Wildman–Crippen LogP) is 3.55. The summed E-state index contributed by atoms with van der Waals surface area (Å²) in [6.07, 6.45) is 3.62. The van der Waals surface area contributed by atoms with Crippen LogP contribution in [0, 0.1) is 6.92 Å². The molecule has 3 rings (SSSR count). The van der Waals surface area contributed by atoms with Crippen LogP contribution < -0.4 is 10.1 Å². The minimum atomic E-state index is 0.446. The molecule has 1 aromatic heterocycles. The second-order valence-electron chi connectivity index (χ2n) is 5.58. The molecule has 0 spiro atoms. The minimum absolute atomic E-state index is 0.446. The second kappa shape index (κ2) is 6.31. The summed E-state index contributed by atoms with van der Waals surface area (Å²) >= 11 is 0. The first kappa shape index (κ1) is 14.1. The third-order valence-electron chi connectivity index (χ3n) is 3.95. The topological polar surface area (TPSA) is 47.3 Å². The standard InChI is InChI=1S/C17H22N2O2/c1-3-18-17-6-4-5-13-7-8-15(10-16(13)17)20-11-14-9-12(2)21-19-14/h7-10,17-18H,3-6,11H2,1-2H3. The van der Waals surface area contributed by atoms with Gasteiger partial charge in [0, 0.05) is 12.1 Å². The van der Waals surface area contributed by atoms with E-state index in [9.17, 15) is 0 Å². The summed E-state index contributed by atoms with van der Waals surface area (Å²) in [6.45, 7) is 5.48. The molecule has 1 heterocycles. The molecule has 1 aromatic carbocycles. The third-order valence-corrected chi connectivity index (χ3v) is 3.95. The van der Waals surface area contributed by atoms with E-state index < -0.39 is 0 Å². The first-order valence-corrected chi connectivity index (χ1v) is 7.67. The van der Waals surface area contributed by atoms with Crippen LogP contribution in [-0.2, 0) is 13.0 Å². The molecule has 0 aliphatic heterocycles. The molecule has 1 N–H and O–H groups in total. The van der Waals surface area contributed by atoms with Crippen LogP contribution in [0.2, 0.25) is 0 Å². The van der Waals surface area contributed by atoms with Crippen molar-refractivity contribution in [2.45, 2.75) is 45.8 Å². The van der Waals surface area contributed by atoms with E-state index >= 15 is 0 Å². The Balaban J connectivity index is 1.73. The zero-order chi connectivity index (χ0) is 14.7. The molecule has 1 aliphatic rings. The second-order valence-corrected chi connectivity index (χ2v) is 5.58. The molecule has 21 heavy (non-hydrogen) atoms. The number of benzene rings is 1. The molecule has 4 heteroatoms. The van der Waals surface area contributed by atoms with Crippen molar-refractivity contribution in [1.82, 2.24) is 10.5 Å². The average Bonchev–Trinajstić information content (AvgIpc) is 2.91. The van der Waals surface area contributed by atoms with Gasteiger partial charge in [0.1, 0.15) is 23.8 Å². The van der Waals surface area contributed by atoms with Crippen LogP contribution in [0.4, 0.5) is 0 Å². The fourth-order valence-corrected chi connectivity index (χ4v) is 2.97. The van der Waals surface area contributed by atoms with Crippen molar-refractivity contribution >= 4 is 0 Å². The van der Waals surface area contributed by atoms with E-state index in [0.717, 1.165) is 23.7 Å². The van der Waals surface area contributed by atoms with Crippen LogP contribution >= 0.6 is 0 Å². The summed E-state index contributed by atoms with van der Waals surface area (Å²) < 4.78 is 10.9. The van der Waals surface area contributed by atoms with Crippen molar-refractivity contribution in [3.05, 3.63) is 46.8 Å². The fraction of sp³-hybridized carbons (Fsp3) is 0.471. The summed E-state index contributed by atoms with van der Waals surface area (Å²) in [5.74, 6) is 1.71. The van der Waals surface area contributed by atoms with Crippen LogP contribution in [0.5, 0.6) is 5.75 Å². The van der Waals surface area contributed by atoms with Gasteiger partial charge in [-0.15, -0.1) is 0 Å². The van der Waals surface area contributed by atoms with Crippen LogP contribution in [0.3, 0.4) is 0 Å². The van der Waals surface area contributed by atoms with Crippen molar-refractivity contribution in [2.75, 3.05) is 6.54 Å². The summed E-state index contributed by atoms with van der Waals surface area (Å²) in [5.41, 5.74) is 3.65. The number of rotatable bonds is 5. The Hall–Kier alpha value is -1.81. The highest BCUT2D eigenvalue weighted by atomic mass is 16.5.